The van der Waals surface area contributed by atoms with Crippen molar-refractivity contribution in [2.75, 3.05) is 19.7 Å². The highest BCUT2D eigenvalue weighted by Gasteiger charge is 2.25. The smallest absolute Gasteiger partial charge is 0.407 e. The maximum absolute atomic E-state index is 10.8. The summed E-state index contributed by atoms with van der Waals surface area (Å²) >= 11 is 3.30. The molecule has 5 nitrogen and oxygen atoms in total. The van der Waals surface area contributed by atoms with Crippen molar-refractivity contribution in [2.24, 2.45) is 0 Å². The van der Waals surface area contributed by atoms with Crippen molar-refractivity contribution in [3.05, 3.63) is 28.5 Å². The first kappa shape index (κ1) is 11.3. The summed E-state index contributed by atoms with van der Waals surface area (Å²) in [7, 11) is 0. The maximum Gasteiger partial charge on any atom is 0.407 e. The lowest BCUT2D eigenvalue weighted by Gasteiger charge is -2.30. The van der Waals surface area contributed by atoms with E-state index >= 15 is 0 Å². The lowest BCUT2D eigenvalue weighted by Crippen LogP contribution is -2.41. The van der Waals surface area contributed by atoms with E-state index in [0.29, 0.717) is 19.7 Å². The van der Waals surface area contributed by atoms with Crippen LogP contribution in [-0.4, -0.2) is 40.8 Å². The molecule has 86 valence electrons. The first-order chi connectivity index (χ1) is 7.66. The number of morpholine rings is 1. The standard InChI is InChI=1S/C10H11BrN2O3/c11-7-1-2-8(12-5-7)9-6-13(10(14)15)3-4-16-9/h1-2,5,9H,3-4,6H2,(H,14,15). The molecule has 0 aliphatic carbocycles. The molecule has 0 bridgehead atoms. The Bertz CT molecular complexity index is 382. The number of carbonyl (C=O) groups is 1. The molecule has 1 amide bonds. The van der Waals surface area contributed by atoms with Gasteiger partial charge in [-0.3, -0.25) is 4.98 Å². The summed E-state index contributed by atoms with van der Waals surface area (Å²) in [5.41, 5.74) is 0.758. The number of rotatable bonds is 1. The van der Waals surface area contributed by atoms with Crippen molar-refractivity contribution < 1.29 is 14.6 Å². The molecule has 1 aliphatic rings. The number of carboxylic acid groups (broad SMARTS) is 1. The minimum atomic E-state index is -0.912. The zero-order valence-electron chi connectivity index (χ0n) is 8.47. The zero-order valence-corrected chi connectivity index (χ0v) is 10.1. The van der Waals surface area contributed by atoms with E-state index in [2.05, 4.69) is 20.9 Å². The first-order valence-electron chi connectivity index (χ1n) is 4.88. The molecule has 1 aromatic rings. The second-order valence-electron chi connectivity index (χ2n) is 3.49. The van der Waals surface area contributed by atoms with E-state index in [-0.39, 0.29) is 6.10 Å². The fourth-order valence-corrected chi connectivity index (χ4v) is 1.81. The van der Waals surface area contributed by atoms with Gasteiger partial charge in [0.15, 0.2) is 0 Å². The summed E-state index contributed by atoms with van der Waals surface area (Å²) in [5.74, 6) is 0. The second-order valence-corrected chi connectivity index (χ2v) is 4.40. The Morgan fingerprint density at radius 1 is 1.62 bits per heavy atom. The average molecular weight is 287 g/mol. The predicted molar refractivity (Wildman–Crippen MR) is 60.2 cm³/mol. The van der Waals surface area contributed by atoms with Gasteiger partial charge in [0.25, 0.3) is 0 Å². The van der Waals surface area contributed by atoms with Crippen LogP contribution in [0.15, 0.2) is 22.8 Å². The number of nitrogens with zero attached hydrogens (tertiary/aromatic N) is 2. The van der Waals surface area contributed by atoms with Gasteiger partial charge in [0.2, 0.25) is 0 Å². The molecule has 1 aromatic heterocycles. The van der Waals surface area contributed by atoms with E-state index in [1.165, 1.54) is 4.90 Å². The zero-order chi connectivity index (χ0) is 11.5. The molecule has 16 heavy (non-hydrogen) atoms. The van der Waals surface area contributed by atoms with Gasteiger partial charge in [-0.1, -0.05) is 0 Å². The molecule has 1 unspecified atom stereocenters. The molecule has 2 rings (SSSR count). The molecule has 1 atom stereocenters. The van der Waals surface area contributed by atoms with Gasteiger partial charge < -0.3 is 14.7 Å². The van der Waals surface area contributed by atoms with E-state index in [4.69, 9.17) is 9.84 Å². The van der Waals surface area contributed by atoms with Gasteiger partial charge >= 0.3 is 6.09 Å². The van der Waals surface area contributed by atoms with Crippen LogP contribution in [-0.2, 0) is 4.74 Å². The number of aromatic nitrogens is 1. The SMILES string of the molecule is O=C(O)N1CCOC(c2ccc(Br)cn2)C1. The molecule has 0 saturated carbocycles. The second kappa shape index (κ2) is 4.80. The van der Waals surface area contributed by atoms with Crippen LogP contribution in [0.1, 0.15) is 11.8 Å². The van der Waals surface area contributed by atoms with E-state index in [0.717, 1.165) is 10.2 Å². The average Bonchev–Trinajstić information content (AvgIpc) is 2.30. The van der Waals surface area contributed by atoms with Crippen molar-refractivity contribution in [2.45, 2.75) is 6.10 Å². The monoisotopic (exact) mass is 286 g/mol. The molecule has 1 N–H and O–H groups in total. The first-order valence-corrected chi connectivity index (χ1v) is 5.67. The van der Waals surface area contributed by atoms with Crippen molar-refractivity contribution in [3.8, 4) is 0 Å². The molecular formula is C10H11BrN2O3. The van der Waals surface area contributed by atoms with Gasteiger partial charge in [-0.15, -0.1) is 0 Å². The third kappa shape index (κ3) is 2.51. The minimum absolute atomic E-state index is 0.266. The summed E-state index contributed by atoms with van der Waals surface area (Å²) in [6.07, 6.45) is 0.502. The van der Waals surface area contributed by atoms with Crippen LogP contribution in [0.25, 0.3) is 0 Å². The van der Waals surface area contributed by atoms with Gasteiger partial charge in [0.1, 0.15) is 6.10 Å². The Kier molecular flexibility index (Phi) is 3.40. The normalized spacial score (nSPS) is 20.8. The van der Waals surface area contributed by atoms with Gasteiger partial charge in [0.05, 0.1) is 18.8 Å². The van der Waals surface area contributed by atoms with Crippen LogP contribution < -0.4 is 0 Å². The van der Waals surface area contributed by atoms with E-state index in [1.807, 2.05) is 12.1 Å². The Morgan fingerprint density at radius 2 is 2.44 bits per heavy atom. The summed E-state index contributed by atoms with van der Waals surface area (Å²) in [5, 5.41) is 8.89. The van der Waals surface area contributed by atoms with Crippen molar-refractivity contribution in [3.63, 3.8) is 0 Å². The largest absolute Gasteiger partial charge is 0.465 e. The van der Waals surface area contributed by atoms with Crippen molar-refractivity contribution in [1.82, 2.24) is 9.88 Å². The quantitative estimate of drug-likeness (QED) is 0.856. The van der Waals surface area contributed by atoms with Crippen LogP contribution >= 0.6 is 15.9 Å². The van der Waals surface area contributed by atoms with Gasteiger partial charge in [-0.25, -0.2) is 4.79 Å². The van der Waals surface area contributed by atoms with Crippen LogP contribution in [0.2, 0.25) is 0 Å². The lowest BCUT2D eigenvalue weighted by molar-refractivity contribution is -0.0252. The Balaban J connectivity index is 2.09. The fourth-order valence-electron chi connectivity index (χ4n) is 1.58. The van der Waals surface area contributed by atoms with Crippen molar-refractivity contribution >= 4 is 22.0 Å². The van der Waals surface area contributed by atoms with Crippen LogP contribution in [0, 0.1) is 0 Å². The molecule has 1 saturated heterocycles. The van der Waals surface area contributed by atoms with Crippen LogP contribution in [0.3, 0.4) is 0 Å². The topological polar surface area (TPSA) is 62.7 Å². The number of hydrogen-bond donors (Lipinski definition) is 1. The molecule has 1 fully saturated rings. The summed E-state index contributed by atoms with van der Waals surface area (Å²) in [6, 6.07) is 3.70. The summed E-state index contributed by atoms with van der Waals surface area (Å²) < 4.78 is 6.39. The Hall–Kier alpha value is -1.14. The van der Waals surface area contributed by atoms with Gasteiger partial charge in [-0.05, 0) is 28.1 Å². The number of hydrogen-bond acceptors (Lipinski definition) is 3. The highest BCUT2D eigenvalue weighted by atomic mass is 79.9. The van der Waals surface area contributed by atoms with E-state index in [1.54, 1.807) is 6.20 Å². The van der Waals surface area contributed by atoms with E-state index < -0.39 is 6.09 Å². The molecular weight excluding hydrogens is 276 g/mol. The molecule has 0 aromatic carbocycles. The molecule has 0 radical (unpaired) electrons. The number of pyridine rings is 1. The van der Waals surface area contributed by atoms with Gasteiger partial charge in [-0.2, -0.15) is 0 Å². The number of amides is 1. The third-order valence-corrected chi connectivity index (χ3v) is 2.89. The number of ether oxygens (including phenoxy) is 1. The third-order valence-electron chi connectivity index (χ3n) is 2.42. The highest BCUT2D eigenvalue weighted by Crippen LogP contribution is 2.21. The molecule has 2 heterocycles. The van der Waals surface area contributed by atoms with Gasteiger partial charge in [0, 0.05) is 17.2 Å². The van der Waals surface area contributed by atoms with E-state index in [9.17, 15) is 4.79 Å². The molecule has 0 spiro atoms. The van der Waals surface area contributed by atoms with Crippen LogP contribution in [0.5, 0.6) is 0 Å². The Labute approximate surface area is 101 Å². The highest BCUT2D eigenvalue weighted by molar-refractivity contribution is 9.10. The Morgan fingerprint density at radius 3 is 3.06 bits per heavy atom. The minimum Gasteiger partial charge on any atom is -0.465 e. The summed E-state index contributed by atoms with van der Waals surface area (Å²) in [6.45, 7) is 1.17. The number of halogens is 1. The predicted octanol–water partition coefficient (Wildman–Crippen LogP) is 1.90. The fraction of sp³-hybridized carbons (Fsp3) is 0.400. The van der Waals surface area contributed by atoms with Crippen LogP contribution in [0.4, 0.5) is 4.79 Å². The molecule has 6 heteroatoms. The molecule has 1 aliphatic heterocycles. The lowest BCUT2D eigenvalue weighted by atomic mass is 10.2. The maximum atomic E-state index is 10.8. The van der Waals surface area contributed by atoms with Crippen molar-refractivity contribution in [1.29, 1.82) is 0 Å². The summed E-state index contributed by atoms with van der Waals surface area (Å²) in [4.78, 5) is 16.4.